The van der Waals surface area contributed by atoms with E-state index in [9.17, 15) is 9.59 Å². The Kier molecular flexibility index (Phi) is 6.65. The molecule has 0 spiro atoms. The number of rotatable bonds is 7. The molecule has 6 heteroatoms. The number of amides is 1. The largest absolute Gasteiger partial charge is 0.480 e. The van der Waals surface area contributed by atoms with Crippen molar-refractivity contribution in [1.29, 1.82) is 0 Å². The minimum Gasteiger partial charge on any atom is -0.480 e. The number of hydrogen-bond donors (Lipinski definition) is 3. The number of carbonyl (C=O) groups excluding carboxylic acids is 1. The molecule has 0 aliphatic rings. The summed E-state index contributed by atoms with van der Waals surface area (Å²) < 4.78 is 4.93. The molecule has 3 N–H and O–H groups in total. The molecule has 0 radical (unpaired) electrons. The molecule has 0 aliphatic heterocycles. The highest BCUT2D eigenvalue weighted by atomic mass is 16.5. The van der Waals surface area contributed by atoms with E-state index in [0.29, 0.717) is 0 Å². The van der Waals surface area contributed by atoms with Gasteiger partial charge in [-0.25, -0.2) is 9.59 Å². The molecule has 0 fully saturated rings. The molecule has 0 bridgehead atoms. The molecule has 1 rings (SSSR count). The maximum Gasteiger partial charge on any atom is 0.408 e. The van der Waals surface area contributed by atoms with E-state index < -0.39 is 18.1 Å². The first-order valence-electron chi connectivity index (χ1n) is 5.97. The van der Waals surface area contributed by atoms with Gasteiger partial charge in [-0.15, -0.1) is 6.42 Å². The van der Waals surface area contributed by atoms with Crippen LogP contribution in [0.5, 0.6) is 0 Å². The average Bonchev–Trinajstić information content (AvgIpc) is 2.45. The van der Waals surface area contributed by atoms with Gasteiger partial charge < -0.3 is 20.5 Å². The van der Waals surface area contributed by atoms with Gasteiger partial charge in [-0.3, -0.25) is 0 Å². The third kappa shape index (κ3) is 5.89. The van der Waals surface area contributed by atoms with Gasteiger partial charge in [0, 0.05) is 6.54 Å². The summed E-state index contributed by atoms with van der Waals surface area (Å²) in [5.74, 6) is 1.15. The highest BCUT2D eigenvalue weighted by Crippen LogP contribution is 2.00. The van der Waals surface area contributed by atoms with Crippen molar-refractivity contribution >= 4 is 12.1 Å². The second-order valence-corrected chi connectivity index (χ2v) is 3.93. The Hall–Kier alpha value is -2.52. The quantitative estimate of drug-likeness (QED) is 0.501. The topological polar surface area (TPSA) is 87.7 Å². The van der Waals surface area contributed by atoms with Crippen LogP contribution in [-0.2, 0) is 16.1 Å². The van der Waals surface area contributed by atoms with E-state index >= 15 is 0 Å². The summed E-state index contributed by atoms with van der Waals surface area (Å²) in [6, 6.07) is 8.00. The number of terminal acetylenes is 1. The van der Waals surface area contributed by atoms with Crippen molar-refractivity contribution in [2.24, 2.45) is 0 Å². The maximum atomic E-state index is 11.5. The Bertz CT molecular complexity index is 482. The molecule has 1 aromatic rings. The van der Waals surface area contributed by atoms with E-state index in [4.69, 9.17) is 16.3 Å². The second kappa shape index (κ2) is 8.56. The number of carboxylic acids is 1. The van der Waals surface area contributed by atoms with Gasteiger partial charge in [0.05, 0.1) is 6.54 Å². The predicted octanol–water partition coefficient (Wildman–Crippen LogP) is 0.589. The van der Waals surface area contributed by atoms with Crippen molar-refractivity contribution < 1.29 is 19.4 Å². The van der Waals surface area contributed by atoms with Gasteiger partial charge in [0.15, 0.2) is 0 Å². The van der Waals surface area contributed by atoms with Gasteiger partial charge in [-0.2, -0.15) is 0 Å². The van der Waals surface area contributed by atoms with E-state index in [1.165, 1.54) is 0 Å². The maximum absolute atomic E-state index is 11.5. The summed E-state index contributed by atoms with van der Waals surface area (Å²) in [6.45, 7) is 0.335. The molecule has 6 nitrogen and oxygen atoms in total. The van der Waals surface area contributed by atoms with E-state index in [1.54, 1.807) is 12.1 Å². The van der Waals surface area contributed by atoms with Crippen molar-refractivity contribution in [2.75, 3.05) is 13.1 Å². The molecule has 1 aromatic carbocycles. The van der Waals surface area contributed by atoms with Crippen LogP contribution in [0.2, 0.25) is 0 Å². The number of carbonyl (C=O) groups is 2. The first kappa shape index (κ1) is 15.5. The van der Waals surface area contributed by atoms with Crippen molar-refractivity contribution in [1.82, 2.24) is 10.6 Å². The monoisotopic (exact) mass is 276 g/mol. The number of carboxylic acid groups (broad SMARTS) is 1. The van der Waals surface area contributed by atoms with Crippen LogP contribution < -0.4 is 10.6 Å². The fourth-order valence-electron chi connectivity index (χ4n) is 1.40. The fourth-order valence-corrected chi connectivity index (χ4v) is 1.40. The van der Waals surface area contributed by atoms with Gasteiger partial charge in [0.25, 0.3) is 0 Å². The van der Waals surface area contributed by atoms with Gasteiger partial charge >= 0.3 is 12.1 Å². The third-order valence-corrected chi connectivity index (χ3v) is 2.38. The highest BCUT2D eigenvalue weighted by Gasteiger charge is 2.19. The van der Waals surface area contributed by atoms with Crippen LogP contribution >= 0.6 is 0 Å². The van der Waals surface area contributed by atoms with Gasteiger partial charge in [-0.05, 0) is 5.56 Å². The van der Waals surface area contributed by atoms with Crippen molar-refractivity contribution in [3.05, 3.63) is 35.9 Å². The molecule has 0 heterocycles. The Labute approximate surface area is 117 Å². The van der Waals surface area contributed by atoms with Crippen LogP contribution in [0.3, 0.4) is 0 Å². The number of nitrogens with one attached hydrogen (secondary N) is 2. The first-order chi connectivity index (χ1) is 9.63. The molecule has 1 amide bonds. The molecule has 0 saturated heterocycles. The first-order valence-corrected chi connectivity index (χ1v) is 5.97. The summed E-state index contributed by atoms with van der Waals surface area (Å²) in [6.07, 6.45) is 4.24. The molecule has 20 heavy (non-hydrogen) atoms. The molecular weight excluding hydrogens is 260 g/mol. The number of alkyl carbamates (subject to hydrolysis) is 1. The Balaban J connectivity index is 2.38. The van der Waals surface area contributed by atoms with Crippen LogP contribution in [0, 0.1) is 12.3 Å². The van der Waals surface area contributed by atoms with Crippen molar-refractivity contribution in [2.45, 2.75) is 12.6 Å². The van der Waals surface area contributed by atoms with Gasteiger partial charge in [0.1, 0.15) is 12.6 Å². The Morgan fingerprint density at radius 1 is 1.35 bits per heavy atom. The number of hydrogen-bond acceptors (Lipinski definition) is 4. The summed E-state index contributed by atoms with van der Waals surface area (Å²) in [5.41, 5.74) is 0.819. The smallest absolute Gasteiger partial charge is 0.408 e. The minimum absolute atomic E-state index is 0.0277. The molecule has 0 saturated carbocycles. The molecule has 0 aromatic heterocycles. The fraction of sp³-hybridized carbons (Fsp3) is 0.286. The zero-order valence-electron chi connectivity index (χ0n) is 10.8. The molecule has 1 atom stereocenters. The van der Waals surface area contributed by atoms with Gasteiger partial charge in [0.2, 0.25) is 0 Å². The van der Waals surface area contributed by atoms with E-state index in [0.717, 1.165) is 5.56 Å². The lowest BCUT2D eigenvalue weighted by atomic mass is 10.2. The summed E-state index contributed by atoms with van der Waals surface area (Å²) in [7, 11) is 0. The lowest BCUT2D eigenvalue weighted by Gasteiger charge is -2.14. The lowest BCUT2D eigenvalue weighted by Crippen LogP contribution is -2.47. The number of aliphatic carboxylic acids is 1. The van der Waals surface area contributed by atoms with E-state index in [-0.39, 0.29) is 19.7 Å². The van der Waals surface area contributed by atoms with Crippen LogP contribution in [0.15, 0.2) is 30.3 Å². The van der Waals surface area contributed by atoms with E-state index in [1.807, 2.05) is 18.2 Å². The third-order valence-electron chi connectivity index (χ3n) is 2.38. The lowest BCUT2D eigenvalue weighted by molar-refractivity contribution is -0.139. The summed E-state index contributed by atoms with van der Waals surface area (Å²) in [4.78, 5) is 22.4. The zero-order valence-corrected chi connectivity index (χ0v) is 10.8. The van der Waals surface area contributed by atoms with Crippen molar-refractivity contribution in [3.63, 3.8) is 0 Å². The summed E-state index contributed by atoms with van der Waals surface area (Å²) in [5, 5.41) is 13.9. The molecule has 106 valence electrons. The highest BCUT2D eigenvalue weighted by molar-refractivity contribution is 5.80. The van der Waals surface area contributed by atoms with E-state index in [2.05, 4.69) is 16.6 Å². The summed E-state index contributed by atoms with van der Waals surface area (Å²) >= 11 is 0. The standard InChI is InChI=1S/C14H16N2O4/c1-2-8-15-9-12(13(17)18)16-14(19)20-10-11-6-4-3-5-7-11/h1,3-7,12,15H,8-10H2,(H,16,19)(H,17,18). The number of benzene rings is 1. The van der Waals surface area contributed by atoms with Gasteiger partial charge in [-0.1, -0.05) is 36.3 Å². The number of ether oxygens (including phenoxy) is 1. The predicted molar refractivity (Wildman–Crippen MR) is 72.9 cm³/mol. The van der Waals surface area contributed by atoms with Crippen LogP contribution in [0.4, 0.5) is 4.79 Å². The minimum atomic E-state index is -1.16. The SMILES string of the molecule is C#CCNCC(NC(=O)OCc1ccccc1)C(=O)O. The van der Waals surface area contributed by atoms with Crippen LogP contribution in [-0.4, -0.2) is 36.3 Å². The molecule has 0 aliphatic carbocycles. The second-order valence-electron chi connectivity index (χ2n) is 3.93. The Morgan fingerprint density at radius 3 is 2.65 bits per heavy atom. The van der Waals surface area contributed by atoms with Crippen LogP contribution in [0.25, 0.3) is 0 Å². The molecule has 1 unspecified atom stereocenters. The Morgan fingerprint density at radius 2 is 2.05 bits per heavy atom. The normalized spacial score (nSPS) is 11.2. The average molecular weight is 276 g/mol. The zero-order chi connectivity index (χ0) is 14.8. The van der Waals surface area contributed by atoms with Crippen molar-refractivity contribution in [3.8, 4) is 12.3 Å². The molecular formula is C14H16N2O4. The van der Waals surface area contributed by atoms with Crippen LogP contribution in [0.1, 0.15) is 5.56 Å².